The highest BCUT2D eigenvalue weighted by Crippen LogP contribution is 2.31. The number of thioether (sulfide) groups is 1. The lowest BCUT2D eigenvalue weighted by Crippen LogP contribution is -2.61. The Labute approximate surface area is 207 Å². The Kier molecular flexibility index (Phi) is 9.22. The van der Waals surface area contributed by atoms with Crippen molar-refractivity contribution in [3.63, 3.8) is 0 Å². The number of carbonyl (C=O) groups excluding carboxylic acids is 2. The molecule has 2 atom stereocenters. The van der Waals surface area contributed by atoms with Gasteiger partial charge in [0.15, 0.2) is 0 Å². The van der Waals surface area contributed by atoms with Gasteiger partial charge in [0.05, 0.1) is 15.8 Å². The second kappa shape index (κ2) is 11.9. The van der Waals surface area contributed by atoms with Crippen molar-refractivity contribution in [2.75, 3.05) is 12.0 Å². The first-order valence-electron chi connectivity index (χ1n) is 10.9. The van der Waals surface area contributed by atoms with E-state index in [1.165, 1.54) is 0 Å². The number of hydrogen-bond acceptors (Lipinski definition) is 7. The summed E-state index contributed by atoms with van der Waals surface area (Å²) in [7, 11) is 0. The minimum absolute atomic E-state index is 0.103. The van der Waals surface area contributed by atoms with Gasteiger partial charge in [-0.25, -0.2) is 4.79 Å². The first-order chi connectivity index (χ1) is 15.8. The van der Waals surface area contributed by atoms with Crippen LogP contribution in [0.3, 0.4) is 0 Å². The largest absolute Gasteiger partial charge is 0.480 e. The van der Waals surface area contributed by atoms with Gasteiger partial charge in [0.1, 0.15) is 11.6 Å². The molecule has 1 saturated carbocycles. The number of thiol groups is 1. The lowest BCUT2D eigenvalue weighted by molar-refractivity contribution is -0.143. The molecule has 2 aromatic heterocycles. The molecule has 1 unspecified atom stereocenters. The Morgan fingerprint density at radius 3 is 2.61 bits per heavy atom. The van der Waals surface area contributed by atoms with E-state index >= 15 is 0 Å². The third-order valence-electron chi connectivity index (χ3n) is 5.79. The predicted molar refractivity (Wildman–Crippen MR) is 136 cm³/mol. The van der Waals surface area contributed by atoms with Gasteiger partial charge < -0.3 is 15.7 Å². The average Bonchev–Trinajstić information content (AvgIpc) is 3.50. The molecular weight excluding hydrogens is 478 g/mol. The highest BCUT2D eigenvalue weighted by atomic mass is 32.2. The zero-order chi connectivity index (χ0) is 23.8. The van der Waals surface area contributed by atoms with Crippen molar-refractivity contribution in [1.82, 2.24) is 15.6 Å². The fourth-order valence-electron chi connectivity index (χ4n) is 3.91. The molecule has 0 aliphatic heterocycles. The highest BCUT2D eigenvalue weighted by molar-refractivity contribution is 7.98. The van der Waals surface area contributed by atoms with Crippen LogP contribution >= 0.6 is 35.7 Å². The number of pyridine rings is 1. The van der Waals surface area contributed by atoms with Crippen LogP contribution in [0.5, 0.6) is 0 Å². The van der Waals surface area contributed by atoms with Crippen LogP contribution in [0.4, 0.5) is 0 Å². The SMILES string of the molecule is CSCC[C@H](S)C(=O)NC1(C(=O)NC(Cc2ccc(-c3cccs3)nc2)C(=O)O)CCCC1. The zero-order valence-corrected chi connectivity index (χ0v) is 21.0. The van der Waals surface area contributed by atoms with Crippen LogP contribution in [-0.2, 0) is 20.8 Å². The molecule has 33 heavy (non-hydrogen) atoms. The summed E-state index contributed by atoms with van der Waals surface area (Å²) in [5.74, 6) is -1.07. The van der Waals surface area contributed by atoms with Crippen LogP contribution in [0.15, 0.2) is 35.8 Å². The Morgan fingerprint density at radius 1 is 1.27 bits per heavy atom. The topological polar surface area (TPSA) is 108 Å². The zero-order valence-electron chi connectivity index (χ0n) is 18.5. The van der Waals surface area contributed by atoms with E-state index in [0.717, 1.165) is 29.2 Å². The van der Waals surface area contributed by atoms with Gasteiger partial charge in [-0.3, -0.25) is 14.6 Å². The maximum atomic E-state index is 13.2. The lowest BCUT2D eigenvalue weighted by atomic mass is 9.94. The molecule has 3 rings (SSSR count). The maximum absolute atomic E-state index is 13.2. The molecule has 7 nitrogen and oxygen atoms in total. The van der Waals surface area contributed by atoms with Crippen LogP contribution in [-0.4, -0.2) is 56.7 Å². The van der Waals surface area contributed by atoms with Gasteiger partial charge in [0.2, 0.25) is 11.8 Å². The van der Waals surface area contributed by atoms with E-state index in [1.54, 1.807) is 29.3 Å². The third-order valence-corrected chi connectivity index (χ3v) is 7.82. The van der Waals surface area contributed by atoms with Crippen molar-refractivity contribution in [2.45, 2.75) is 55.4 Å². The number of hydrogen-bond donors (Lipinski definition) is 4. The highest BCUT2D eigenvalue weighted by Gasteiger charge is 2.44. The summed E-state index contributed by atoms with van der Waals surface area (Å²) in [6.45, 7) is 0. The van der Waals surface area contributed by atoms with Crippen molar-refractivity contribution in [3.05, 3.63) is 41.4 Å². The molecule has 0 radical (unpaired) electrons. The number of nitrogens with one attached hydrogen (secondary N) is 2. The van der Waals surface area contributed by atoms with Crippen molar-refractivity contribution in [2.24, 2.45) is 0 Å². The second-order valence-electron chi connectivity index (χ2n) is 8.17. The fourth-order valence-corrected chi connectivity index (χ4v) is 5.46. The number of carboxylic acid groups (broad SMARTS) is 1. The van der Waals surface area contributed by atoms with Crippen LogP contribution in [0, 0.1) is 0 Å². The number of aromatic nitrogens is 1. The number of carboxylic acids is 1. The molecule has 1 fully saturated rings. The number of carbonyl (C=O) groups is 3. The summed E-state index contributed by atoms with van der Waals surface area (Å²) < 4.78 is 0. The Morgan fingerprint density at radius 2 is 2.03 bits per heavy atom. The summed E-state index contributed by atoms with van der Waals surface area (Å²) in [6, 6.07) is 6.47. The van der Waals surface area contributed by atoms with Crippen molar-refractivity contribution in [3.8, 4) is 10.6 Å². The molecule has 2 amide bonds. The molecule has 10 heteroatoms. The van der Waals surface area contributed by atoms with E-state index in [-0.39, 0.29) is 12.3 Å². The number of aliphatic carboxylic acids is 1. The molecule has 0 bridgehead atoms. The Bertz CT molecular complexity index is 944. The predicted octanol–water partition coefficient (Wildman–Crippen LogP) is 3.40. The molecule has 0 saturated heterocycles. The molecule has 1 aliphatic carbocycles. The molecule has 0 aromatic carbocycles. The molecule has 1 aliphatic rings. The van der Waals surface area contributed by atoms with Crippen LogP contribution in [0.1, 0.15) is 37.7 Å². The van der Waals surface area contributed by atoms with Gasteiger partial charge in [-0.05, 0) is 54.3 Å². The van der Waals surface area contributed by atoms with Gasteiger partial charge in [0.25, 0.3) is 0 Å². The molecule has 178 valence electrons. The van der Waals surface area contributed by atoms with Gasteiger partial charge in [0, 0.05) is 12.6 Å². The quantitative estimate of drug-likeness (QED) is 0.347. The standard InChI is InChI=1S/C23H29N3O4S3/c1-32-12-8-18(31)20(27)26-23(9-2-3-10-23)22(30)25-17(21(28)29)13-15-6-7-16(24-14-15)19-5-4-11-33-19/h4-7,11,14,17-18,31H,2-3,8-10,12-13H2,1H3,(H,25,30)(H,26,27)(H,28,29)/t17?,18-/m0/s1. The first-order valence-corrected chi connectivity index (χ1v) is 13.7. The van der Waals surface area contributed by atoms with Crippen molar-refractivity contribution >= 4 is 53.5 Å². The van der Waals surface area contributed by atoms with E-state index in [4.69, 9.17) is 0 Å². The van der Waals surface area contributed by atoms with E-state index in [2.05, 4.69) is 28.2 Å². The number of amides is 2. The lowest BCUT2D eigenvalue weighted by Gasteiger charge is -2.31. The van der Waals surface area contributed by atoms with E-state index in [0.29, 0.717) is 24.8 Å². The van der Waals surface area contributed by atoms with Gasteiger partial charge >= 0.3 is 5.97 Å². The molecule has 2 heterocycles. The van der Waals surface area contributed by atoms with Gasteiger partial charge in [-0.2, -0.15) is 24.4 Å². The number of rotatable bonds is 11. The summed E-state index contributed by atoms with van der Waals surface area (Å²) in [5.41, 5.74) is 0.437. The van der Waals surface area contributed by atoms with Crippen LogP contribution < -0.4 is 10.6 Å². The second-order valence-corrected chi connectivity index (χ2v) is 10.7. The minimum Gasteiger partial charge on any atom is -0.480 e. The molecule has 2 aromatic rings. The summed E-state index contributed by atoms with van der Waals surface area (Å²) in [6.07, 6.45) is 6.85. The summed E-state index contributed by atoms with van der Waals surface area (Å²) in [5, 5.41) is 16.8. The molecule has 0 spiro atoms. The average molecular weight is 508 g/mol. The first kappa shape index (κ1) is 25.6. The summed E-state index contributed by atoms with van der Waals surface area (Å²) in [4.78, 5) is 43.3. The van der Waals surface area contributed by atoms with E-state index in [9.17, 15) is 19.5 Å². The van der Waals surface area contributed by atoms with Crippen molar-refractivity contribution in [1.29, 1.82) is 0 Å². The van der Waals surface area contributed by atoms with Crippen LogP contribution in [0.2, 0.25) is 0 Å². The maximum Gasteiger partial charge on any atom is 0.326 e. The molecular formula is C23H29N3O4S3. The Hall–Kier alpha value is -2.04. The number of nitrogens with zero attached hydrogens (tertiary/aromatic N) is 1. The fraction of sp³-hybridized carbons (Fsp3) is 0.478. The third kappa shape index (κ3) is 6.74. The van der Waals surface area contributed by atoms with Crippen molar-refractivity contribution < 1.29 is 19.5 Å². The molecule has 3 N–H and O–H groups in total. The smallest absolute Gasteiger partial charge is 0.326 e. The monoisotopic (exact) mass is 507 g/mol. The van der Waals surface area contributed by atoms with E-state index in [1.807, 2.05) is 35.9 Å². The van der Waals surface area contributed by atoms with Gasteiger partial charge in [-0.15, -0.1) is 11.3 Å². The normalized spacial score (nSPS) is 16.7. The van der Waals surface area contributed by atoms with E-state index < -0.39 is 28.7 Å². The number of thiophene rings is 1. The van der Waals surface area contributed by atoms with Gasteiger partial charge in [-0.1, -0.05) is 25.0 Å². The van der Waals surface area contributed by atoms with Crippen LogP contribution in [0.25, 0.3) is 10.6 Å². The minimum atomic E-state index is -1.13. The Balaban J connectivity index is 1.67. The summed E-state index contributed by atoms with van der Waals surface area (Å²) >= 11 is 7.59.